The number of aromatic nitrogens is 2. The number of rotatable bonds is 3. The number of nitrogens with zero attached hydrogens (tertiary/aromatic N) is 2. The Hall–Kier alpha value is -1.52. The van der Waals surface area contributed by atoms with Crippen LogP contribution in [0.15, 0.2) is 6.33 Å². The molecule has 5 heteroatoms. The quantitative estimate of drug-likeness (QED) is 0.878. The van der Waals surface area contributed by atoms with Crippen LogP contribution in [0, 0.1) is 13.8 Å². The zero-order valence-electron chi connectivity index (χ0n) is 11.2. The van der Waals surface area contributed by atoms with E-state index in [0.29, 0.717) is 13.1 Å². The molecule has 1 N–H and O–H groups in total. The van der Waals surface area contributed by atoms with Gasteiger partial charge in [-0.25, -0.2) is 9.78 Å². The summed E-state index contributed by atoms with van der Waals surface area (Å²) in [6.07, 6.45) is 1.40. The molecule has 1 amide bonds. The number of amides is 1. The highest BCUT2D eigenvalue weighted by Gasteiger charge is 2.15. The summed E-state index contributed by atoms with van der Waals surface area (Å²) in [5.74, 6) is 0. The molecule has 0 atom stereocenters. The molecule has 0 radical (unpaired) electrons. The number of aryl methyl sites for hydroxylation is 1. The lowest BCUT2D eigenvalue weighted by Crippen LogP contribution is -2.34. The van der Waals surface area contributed by atoms with Crippen LogP contribution in [-0.4, -0.2) is 27.8 Å². The van der Waals surface area contributed by atoms with E-state index in [2.05, 4.69) is 10.3 Å². The first-order chi connectivity index (χ1) is 7.79. The maximum absolute atomic E-state index is 11.4. The summed E-state index contributed by atoms with van der Waals surface area (Å²) >= 11 is 0. The van der Waals surface area contributed by atoms with E-state index in [-0.39, 0.29) is 6.09 Å². The molecule has 0 aliphatic carbocycles. The molecule has 1 heterocycles. The molecular weight excluding hydrogens is 218 g/mol. The van der Waals surface area contributed by atoms with Gasteiger partial charge in [0.2, 0.25) is 0 Å². The molecule has 0 aromatic carbocycles. The number of carbonyl (C=O) groups is 1. The average molecular weight is 239 g/mol. The minimum absolute atomic E-state index is 0.382. The van der Waals surface area contributed by atoms with Crippen LogP contribution in [0.3, 0.4) is 0 Å². The first-order valence-corrected chi connectivity index (χ1v) is 5.75. The van der Waals surface area contributed by atoms with E-state index in [1.165, 1.54) is 0 Å². The van der Waals surface area contributed by atoms with E-state index in [1.54, 1.807) is 6.33 Å². The lowest BCUT2D eigenvalue weighted by atomic mass is 10.2. The molecule has 1 aromatic rings. The number of hydrogen-bond acceptors (Lipinski definition) is 3. The first-order valence-electron chi connectivity index (χ1n) is 5.75. The number of nitrogens with one attached hydrogen (secondary N) is 1. The van der Waals surface area contributed by atoms with E-state index >= 15 is 0 Å². The molecule has 0 saturated heterocycles. The molecule has 0 fully saturated rings. The molecule has 96 valence electrons. The predicted molar refractivity (Wildman–Crippen MR) is 65.9 cm³/mol. The van der Waals surface area contributed by atoms with Crippen molar-refractivity contribution >= 4 is 6.09 Å². The molecule has 17 heavy (non-hydrogen) atoms. The Morgan fingerprint density at radius 1 is 1.47 bits per heavy atom. The molecule has 0 aliphatic rings. The summed E-state index contributed by atoms with van der Waals surface area (Å²) in [6, 6.07) is 0. The van der Waals surface area contributed by atoms with Gasteiger partial charge in [0, 0.05) is 18.8 Å². The monoisotopic (exact) mass is 239 g/mol. The average Bonchev–Trinajstić information content (AvgIpc) is 2.46. The second kappa shape index (κ2) is 5.21. The zero-order chi connectivity index (χ0) is 13.1. The van der Waals surface area contributed by atoms with Gasteiger partial charge in [-0.2, -0.15) is 0 Å². The topological polar surface area (TPSA) is 56.2 Å². The lowest BCUT2D eigenvalue weighted by Gasteiger charge is -2.19. The van der Waals surface area contributed by atoms with Crippen LogP contribution in [0.5, 0.6) is 0 Å². The van der Waals surface area contributed by atoms with Crippen LogP contribution in [0.4, 0.5) is 4.79 Å². The van der Waals surface area contributed by atoms with E-state index < -0.39 is 5.60 Å². The zero-order valence-corrected chi connectivity index (χ0v) is 11.2. The second-order valence-corrected chi connectivity index (χ2v) is 5.04. The Morgan fingerprint density at radius 3 is 2.59 bits per heavy atom. The first kappa shape index (κ1) is 13.5. The molecular formula is C12H21N3O2. The Bertz CT molecular complexity index is 391. The second-order valence-electron chi connectivity index (χ2n) is 5.04. The minimum atomic E-state index is -0.453. The fraction of sp³-hybridized carbons (Fsp3) is 0.667. The van der Waals surface area contributed by atoms with Crippen LogP contribution >= 0.6 is 0 Å². The highest BCUT2D eigenvalue weighted by molar-refractivity contribution is 5.67. The van der Waals surface area contributed by atoms with Crippen LogP contribution in [0.1, 0.15) is 32.2 Å². The smallest absolute Gasteiger partial charge is 0.407 e. The molecule has 5 nitrogen and oxygen atoms in total. The van der Waals surface area contributed by atoms with Gasteiger partial charge in [0.1, 0.15) is 5.60 Å². The van der Waals surface area contributed by atoms with Crippen molar-refractivity contribution in [3.8, 4) is 0 Å². The summed E-state index contributed by atoms with van der Waals surface area (Å²) in [5.41, 5.74) is 1.68. The summed E-state index contributed by atoms with van der Waals surface area (Å²) in [7, 11) is 0. The van der Waals surface area contributed by atoms with Crippen LogP contribution in [-0.2, 0) is 11.3 Å². The van der Waals surface area contributed by atoms with Crippen molar-refractivity contribution in [3.63, 3.8) is 0 Å². The molecule has 1 aromatic heterocycles. The van der Waals surface area contributed by atoms with Crippen molar-refractivity contribution in [2.45, 2.75) is 46.8 Å². The SMILES string of the molecule is Cc1ncn(CCNC(=O)OC(C)(C)C)c1C. The van der Waals surface area contributed by atoms with Gasteiger partial charge in [-0.15, -0.1) is 0 Å². The van der Waals surface area contributed by atoms with Gasteiger partial charge in [-0.1, -0.05) is 0 Å². The third kappa shape index (κ3) is 4.46. The molecule has 1 rings (SSSR count). The normalized spacial score (nSPS) is 11.4. The van der Waals surface area contributed by atoms with Gasteiger partial charge >= 0.3 is 6.09 Å². The van der Waals surface area contributed by atoms with Crippen molar-refractivity contribution < 1.29 is 9.53 Å². The van der Waals surface area contributed by atoms with Crippen LogP contribution < -0.4 is 5.32 Å². The van der Waals surface area contributed by atoms with Gasteiger partial charge in [0.15, 0.2) is 0 Å². The number of imidazole rings is 1. The Morgan fingerprint density at radius 2 is 2.12 bits per heavy atom. The summed E-state index contributed by atoms with van der Waals surface area (Å²) < 4.78 is 7.14. The van der Waals surface area contributed by atoms with Crippen molar-refractivity contribution in [1.29, 1.82) is 0 Å². The maximum Gasteiger partial charge on any atom is 0.407 e. The summed E-state index contributed by atoms with van der Waals surface area (Å²) in [6.45, 7) is 10.7. The van der Waals surface area contributed by atoms with Crippen molar-refractivity contribution in [1.82, 2.24) is 14.9 Å². The Balaban J connectivity index is 2.34. The van der Waals surface area contributed by atoms with Gasteiger partial charge in [0.05, 0.1) is 12.0 Å². The third-order valence-electron chi connectivity index (χ3n) is 2.37. The highest BCUT2D eigenvalue weighted by atomic mass is 16.6. The van der Waals surface area contributed by atoms with Gasteiger partial charge in [0.25, 0.3) is 0 Å². The van der Waals surface area contributed by atoms with Gasteiger partial charge < -0.3 is 14.6 Å². The maximum atomic E-state index is 11.4. The number of alkyl carbamates (subject to hydrolysis) is 1. The predicted octanol–water partition coefficient (Wildman–Crippen LogP) is 2.02. The van der Waals surface area contributed by atoms with Gasteiger partial charge in [-0.05, 0) is 34.6 Å². The number of carbonyl (C=O) groups excluding carboxylic acids is 1. The van der Waals surface area contributed by atoms with Crippen molar-refractivity contribution in [3.05, 3.63) is 17.7 Å². The summed E-state index contributed by atoms with van der Waals surface area (Å²) in [4.78, 5) is 15.6. The van der Waals surface area contributed by atoms with E-state index in [1.807, 2.05) is 39.2 Å². The Labute approximate surface area is 102 Å². The summed E-state index contributed by atoms with van der Waals surface area (Å²) in [5, 5.41) is 2.71. The van der Waals surface area contributed by atoms with E-state index in [0.717, 1.165) is 11.4 Å². The van der Waals surface area contributed by atoms with Gasteiger partial charge in [-0.3, -0.25) is 0 Å². The molecule has 0 saturated carbocycles. The molecule has 0 aliphatic heterocycles. The Kier molecular flexibility index (Phi) is 4.15. The van der Waals surface area contributed by atoms with Crippen molar-refractivity contribution in [2.75, 3.05) is 6.54 Å². The lowest BCUT2D eigenvalue weighted by molar-refractivity contribution is 0.0526. The fourth-order valence-electron chi connectivity index (χ4n) is 1.36. The fourth-order valence-corrected chi connectivity index (χ4v) is 1.36. The van der Waals surface area contributed by atoms with E-state index in [9.17, 15) is 4.79 Å². The van der Waals surface area contributed by atoms with Crippen LogP contribution in [0.25, 0.3) is 0 Å². The third-order valence-corrected chi connectivity index (χ3v) is 2.37. The van der Waals surface area contributed by atoms with Crippen LogP contribution in [0.2, 0.25) is 0 Å². The van der Waals surface area contributed by atoms with Crippen molar-refractivity contribution in [2.24, 2.45) is 0 Å². The minimum Gasteiger partial charge on any atom is -0.444 e. The number of hydrogen-bond donors (Lipinski definition) is 1. The molecule has 0 bridgehead atoms. The van der Waals surface area contributed by atoms with E-state index in [4.69, 9.17) is 4.74 Å². The highest BCUT2D eigenvalue weighted by Crippen LogP contribution is 2.06. The largest absolute Gasteiger partial charge is 0.444 e. The number of ether oxygens (including phenoxy) is 1. The molecule has 0 unspecified atom stereocenters. The molecule has 0 spiro atoms. The standard InChI is InChI=1S/C12H21N3O2/c1-9-10(2)15(8-14-9)7-6-13-11(16)17-12(3,4)5/h8H,6-7H2,1-5H3,(H,13,16).